The lowest BCUT2D eigenvalue weighted by Gasteiger charge is -2.23. The summed E-state index contributed by atoms with van der Waals surface area (Å²) in [6, 6.07) is 8.52. The number of benzene rings is 1. The van der Waals surface area contributed by atoms with Crippen molar-refractivity contribution in [1.82, 2.24) is 10.2 Å². The molecule has 2 N–H and O–H groups in total. The molecule has 4 heteroatoms. The first-order valence-corrected chi connectivity index (χ1v) is 7.75. The standard InChI is InChI=1S/C15H25BrN2O/c1-4-18(5-2)11-15(19)10-17-12(3)13-6-8-14(16)9-7-13/h6-9,12,15,17,19H,4-5,10-11H2,1-3H3/t12-,15?/m1/s1. The molecular formula is C15H25BrN2O. The molecular weight excluding hydrogens is 304 g/mol. The number of likely N-dealkylation sites (N-methyl/N-ethyl adjacent to an activating group) is 1. The fourth-order valence-corrected chi connectivity index (χ4v) is 2.29. The smallest absolute Gasteiger partial charge is 0.0791 e. The molecule has 1 aromatic carbocycles. The molecule has 0 radical (unpaired) electrons. The van der Waals surface area contributed by atoms with E-state index < -0.39 is 0 Å². The molecule has 0 aliphatic carbocycles. The summed E-state index contributed by atoms with van der Waals surface area (Å²) in [7, 11) is 0. The van der Waals surface area contributed by atoms with E-state index in [0.717, 1.165) is 24.1 Å². The lowest BCUT2D eigenvalue weighted by molar-refractivity contribution is 0.114. The van der Waals surface area contributed by atoms with Gasteiger partial charge in [0.25, 0.3) is 0 Å². The van der Waals surface area contributed by atoms with Crippen molar-refractivity contribution < 1.29 is 5.11 Å². The molecule has 0 aliphatic rings. The van der Waals surface area contributed by atoms with Crippen LogP contribution in [-0.4, -0.2) is 42.3 Å². The highest BCUT2D eigenvalue weighted by atomic mass is 79.9. The summed E-state index contributed by atoms with van der Waals surface area (Å²) in [6.45, 7) is 9.67. The molecule has 0 bridgehead atoms. The van der Waals surface area contributed by atoms with E-state index in [4.69, 9.17) is 0 Å². The summed E-state index contributed by atoms with van der Waals surface area (Å²) in [4.78, 5) is 2.23. The number of hydrogen-bond donors (Lipinski definition) is 2. The molecule has 0 spiro atoms. The minimum Gasteiger partial charge on any atom is -0.390 e. The molecule has 0 heterocycles. The average Bonchev–Trinajstić information content (AvgIpc) is 2.43. The Hall–Kier alpha value is -0.420. The van der Waals surface area contributed by atoms with Gasteiger partial charge < -0.3 is 15.3 Å². The first kappa shape index (κ1) is 16.6. The predicted octanol–water partition coefficient (Wildman–Crippen LogP) is 2.80. The van der Waals surface area contributed by atoms with Gasteiger partial charge in [-0.15, -0.1) is 0 Å². The van der Waals surface area contributed by atoms with E-state index in [0.29, 0.717) is 6.54 Å². The van der Waals surface area contributed by atoms with E-state index >= 15 is 0 Å². The zero-order valence-corrected chi connectivity index (χ0v) is 13.7. The van der Waals surface area contributed by atoms with Crippen LogP contribution in [0.4, 0.5) is 0 Å². The third-order valence-corrected chi connectivity index (χ3v) is 3.92. The quantitative estimate of drug-likeness (QED) is 0.770. The van der Waals surface area contributed by atoms with Crippen LogP contribution in [0, 0.1) is 0 Å². The highest BCUT2D eigenvalue weighted by molar-refractivity contribution is 9.10. The van der Waals surface area contributed by atoms with Gasteiger partial charge in [-0.25, -0.2) is 0 Å². The van der Waals surface area contributed by atoms with Crippen molar-refractivity contribution in [2.75, 3.05) is 26.2 Å². The van der Waals surface area contributed by atoms with Crippen LogP contribution in [0.1, 0.15) is 32.4 Å². The molecule has 0 saturated heterocycles. The molecule has 2 atom stereocenters. The normalized spacial score (nSPS) is 14.6. The van der Waals surface area contributed by atoms with Gasteiger partial charge in [-0.1, -0.05) is 41.9 Å². The van der Waals surface area contributed by atoms with Gasteiger partial charge in [0.05, 0.1) is 6.10 Å². The van der Waals surface area contributed by atoms with Crippen LogP contribution in [0.15, 0.2) is 28.7 Å². The monoisotopic (exact) mass is 328 g/mol. The Morgan fingerprint density at radius 2 is 1.79 bits per heavy atom. The van der Waals surface area contributed by atoms with E-state index in [-0.39, 0.29) is 12.1 Å². The van der Waals surface area contributed by atoms with E-state index in [9.17, 15) is 5.11 Å². The molecule has 1 unspecified atom stereocenters. The second-order valence-electron chi connectivity index (χ2n) is 4.82. The summed E-state index contributed by atoms with van der Waals surface area (Å²) in [5, 5.41) is 13.4. The summed E-state index contributed by atoms with van der Waals surface area (Å²) in [6.07, 6.45) is -0.321. The molecule has 108 valence electrons. The summed E-state index contributed by atoms with van der Waals surface area (Å²) in [5.74, 6) is 0. The minimum atomic E-state index is -0.321. The topological polar surface area (TPSA) is 35.5 Å². The Labute approximate surface area is 125 Å². The summed E-state index contributed by atoms with van der Waals surface area (Å²) < 4.78 is 1.09. The van der Waals surface area contributed by atoms with Crippen molar-refractivity contribution in [2.45, 2.75) is 32.9 Å². The van der Waals surface area contributed by atoms with Crippen molar-refractivity contribution >= 4 is 15.9 Å². The number of nitrogens with one attached hydrogen (secondary N) is 1. The molecule has 0 amide bonds. The molecule has 0 fully saturated rings. The first-order chi connectivity index (χ1) is 9.06. The lowest BCUT2D eigenvalue weighted by Crippen LogP contribution is -2.38. The SMILES string of the molecule is CCN(CC)CC(O)CN[C@H](C)c1ccc(Br)cc1. The van der Waals surface area contributed by atoms with Crippen LogP contribution < -0.4 is 5.32 Å². The second kappa shape index (κ2) is 8.69. The maximum atomic E-state index is 10.0. The van der Waals surface area contributed by atoms with Crippen LogP contribution in [-0.2, 0) is 0 Å². The van der Waals surface area contributed by atoms with Gasteiger partial charge in [0.15, 0.2) is 0 Å². The predicted molar refractivity (Wildman–Crippen MR) is 84.4 cm³/mol. The maximum Gasteiger partial charge on any atom is 0.0791 e. The largest absolute Gasteiger partial charge is 0.390 e. The summed E-state index contributed by atoms with van der Waals surface area (Å²) in [5.41, 5.74) is 1.23. The molecule has 0 saturated carbocycles. The van der Waals surface area contributed by atoms with E-state index in [2.05, 4.69) is 59.1 Å². The minimum absolute atomic E-state index is 0.249. The van der Waals surface area contributed by atoms with Crippen molar-refractivity contribution in [3.63, 3.8) is 0 Å². The third kappa shape index (κ3) is 6.04. The maximum absolute atomic E-state index is 10.0. The Kier molecular flexibility index (Phi) is 7.61. The van der Waals surface area contributed by atoms with Crippen molar-refractivity contribution in [2.24, 2.45) is 0 Å². The lowest BCUT2D eigenvalue weighted by atomic mass is 10.1. The van der Waals surface area contributed by atoms with Gasteiger partial charge in [-0.3, -0.25) is 0 Å². The Morgan fingerprint density at radius 1 is 1.21 bits per heavy atom. The van der Waals surface area contributed by atoms with Crippen LogP contribution in [0.2, 0.25) is 0 Å². The van der Waals surface area contributed by atoms with Crippen LogP contribution in [0.3, 0.4) is 0 Å². The molecule has 1 rings (SSSR count). The zero-order valence-electron chi connectivity index (χ0n) is 12.1. The Bertz CT molecular complexity index is 352. The van der Waals surface area contributed by atoms with E-state index in [1.54, 1.807) is 0 Å². The Morgan fingerprint density at radius 3 is 2.32 bits per heavy atom. The van der Waals surface area contributed by atoms with Crippen LogP contribution >= 0.6 is 15.9 Å². The van der Waals surface area contributed by atoms with Crippen molar-refractivity contribution in [3.05, 3.63) is 34.3 Å². The highest BCUT2D eigenvalue weighted by Crippen LogP contribution is 2.16. The fourth-order valence-electron chi connectivity index (χ4n) is 2.03. The molecule has 3 nitrogen and oxygen atoms in total. The van der Waals surface area contributed by atoms with Crippen molar-refractivity contribution in [1.29, 1.82) is 0 Å². The highest BCUT2D eigenvalue weighted by Gasteiger charge is 2.11. The molecule has 0 aromatic heterocycles. The van der Waals surface area contributed by atoms with Gasteiger partial charge in [-0.2, -0.15) is 0 Å². The fraction of sp³-hybridized carbons (Fsp3) is 0.600. The van der Waals surface area contributed by atoms with Crippen molar-refractivity contribution in [3.8, 4) is 0 Å². The molecule has 19 heavy (non-hydrogen) atoms. The van der Waals surface area contributed by atoms with E-state index in [1.807, 2.05) is 12.1 Å². The number of aliphatic hydroxyl groups excluding tert-OH is 1. The number of hydrogen-bond acceptors (Lipinski definition) is 3. The van der Waals surface area contributed by atoms with Gasteiger partial charge in [0.1, 0.15) is 0 Å². The van der Waals surface area contributed by atoms with Gasteiger partial charge in [0.2, 0.25) is 0 Å². The average molecular weight is 329 g/mol. The van der Waals surface area contributed by atoms with Gasteiger partial charge >= 0.3 is 0 Å². The van der Waals surface area contributed by atoms with Crippen LogP contribution in [0.5, 0.6) is 0 Å². The number of halogens is 1. The molecule has 1 aromatic rings. The van der Waals surface area contributed by atoms with E-state index in [1.165, 1.54) is 5.56 Å². The van der Waals surface area contributed by atoms with Gasteiger partial charge in [-0.05, 0) is 37.7 Å². The first-order valence-electron chi connectivity index (χ1n) is 6.96. The Balaban J connectivity index is 2.37. The van der Waals surface area contributed by atoms with Gasteiger partial charge in [0, 0.05) is 23.6 Å². The van der Waals surface area contributed by atoms with Crippen LogP contribution in [0.25, 0.3) is 0 Å². The molecule has 0 aliphatic heterocycles. The number of nitrogens with zero attached hydrogens (tertiary/aromatic N) is 1. The summed E-state index contributed by atoms with van der Waals surface area (Å²) >= 11 is 3.43. The zero-order chi connectivity index (χ0) is 14.3. The second-order valence-corrected chi connectivity index (χ2v) is 5.74. The third-order valence-electron chi connectivity index (χ3n) is 3.39. The number of aliphatic hydroxyl groups is 1. The number of rotatable bonds is 8.